The largest absolute Gasteiger partial charge is 0.295 e. The van der Waals surface area contributed by atoms with Crippen LogP contribution in [-0.4, -0.2) is 11.6 Å². The summed E-state index contributed by atoms with van der Waals surface area (Å²) in [6, 6.07) is 0. The zero-order valence-corrected chi connectivity index (χ0v) is 12.6. The molecular formula is C18H22O2. The van der Waals surface area contributed by atoms with Crippen molar-refractivity contribution in [2.75, 3.05) is 0 Å². The second kappa shape index (κ2) is 4.28. The molecule has 20 heavy (non-hydrogen) atoms. The summed E-state index contributed by atoms with van der Waals surface area (Å²) in [5, 5.41) is 0. The molecule has 0 aromatic rings. The highest BCUT2D eigenvalue weighted by atomic mass is 16.1. The van der Waals surface area contributed by atoms with Crippen LogP contribution in [-0.2, 0) is 9.59 Å². The van der Waals surface area contributed by atoms with E-state index in [0.29, 0.717) is 0 Å². The van der Waals surface area contributed by atoms with Crippen molar-refractivity contribution >= 4 is 11.6 Å². The molecule has 0 unspecified atom stereocenters. The summed E-state index contributed by atoms with van der Waals surface area (Å²) < 4.78 is 0. The van der Waals surface area contributed by atoms with Crippen molar-refractivity contribution in [2.45, 2.75) is 34.1 Å². The lowest BCUT2D eigenvalue weighted by Gasteiger charge is -2.48. The quantitative estimate of drug-likeness (QED) is 0.631. The second-order valence-electron chi connectivity index (χ2n) is 7.14. The third-order valence-electron chi connectivity index (χ3n) is 5.47. The van der Waals surface area contributed by atoms with E-state index < -0.39 is 0 Å². The third kappa shape index (κ3) is 1.77. The molecule has 0 aromatic heterocycles. The van der Waals surface area contributed by atoms with Crippen LogP contribution in [0.5, 0.6) is 0 Å². The number of fused-ring (bicyclic) bond motifs is 3. The Kier molecular flexibility index (Phi) is 2.89. The average Bonchev–Trinajstić information content (AvgIpc) is 2.39. The fourth-order valence-corrected chi connectivity index (χ4v) is 4.16. The van der Waals surface area contributed by atoms with Gasteiger partial charge < -0.3 is 0 Å². The van der Waals surface area contributed by atoms with Crippen LogP contribution in [0.15, 0.2) is 35.5 Å². The molecule has 0 bridgehead atoms. The minimum atomic E-state index is -0.167. The molecule has 0 heterocycles. The van der Waals surface area contributed by atoms with Gasteiger partial charge in [-0.25, -0.2) is 0 Å². The summed E-state index contributed by atoms with van der Waals surface area (Å²) in [6.45, 7) is 8.32. The molecule has 0 spiro atoms. The van der Waals surface area contributed by atoms with Crippen molar-refractivity contribution in [3.05, 3.63) is 35.5 Å². The number of hydrogen-bond acceptors (Lipinski definition) is 2. The van der Waals surface area contributed by atoms with Crippen LogP contribution in [0.2, 0.25) is 0 Å². The van der Waals surface area contributed by atoms with Crippen molar-refractivity contribution < 1.29 is 9.59 Å². The molecule has 3 aliphatic rings. The first-order valence-corrected chi connectivity index (χ1v) is 7.45. The minimum Gasteiger partial charge on any atom is -0.295 e. The Balaban J connectivity index is 2.14. The van der Waals surface area contributed by atoms with Crippen molar-refractivity contribution in [3.8, 4) is 0 Å². The molecule has 2 nitrogen and oxygen atoms in total. The molecule has 4 atom stereocenters. The average molecular weight is 270 g/mol. The molecule has 0 radical (unpaired) electrons. The van der Waals surface area contributed by atoms with Gasteiger partial charge in [-0.2, -0.15) is 0 Å². The topological polar surface area (TPSA) is 34.1 Å². The molecule has 0 aliphatic heterocycles. The predicted octanol–water partition coefficient (Wildman–Crippen LogP) is 3.50. The van der Waals surface area contributed by atoms with E-state index in [1.54, 1.807) is 6.08 Å². The van der Waals surface area contributed by atoms with Crippen LogP contribution in [0, 0.1) is 29.1 Å². The maximum Gasteiger partial charge on any atom is 0.162 e. The van der Waals surface area contributed by atoms with Crippen LogP contribution in [0.1, 0.15) is 34.1 Å². The lowest BCUT2D eigenvalue weighted by Crippen LogP contribution is -2.49. The number of Topliss-reactive ketones (excluding diaryl/α,β-unsaturated/α-hetero) is 1. The summed E-state index contributed by atoms with van der Waals surface area (Å²) in [4.78, 5) is 25.1. The predicted molar refractivity (Wildman–Crippen MR) is 79.0 cm³/mol. The highest BCUT2D eigenvalue weighted by Crippen LogP contribution is 2.51. The van der Waals surface area contributed by atoms with Gasteiger partial charge in [0.1, 0.15) is 0 Å². The van der Waals surface area contributed by atoms with Crippen LogP contribution in [0.25, 0.3) is 0 Å². The monoisotopic (exact) mass is 270 g/mol. The van der Waals surface area contributed by atoms with Crippen molar-refractivity contribution in [3.63, 3.8) is 0 Å². The van der Waals surface area contributed by atoms with Crippen LogP contribution >= 0.6 is 0 Å². The standard InChI is InChI=1S/C18H22O2/c1-10-5-6-12-11(2)9-13-16(15(12)17(10)20)14(19)7-8-18(13,3)4/h5,7-9,12-13,15-16H,6H2,1-4H3/t12-,13-,15+,16-/m1/s1. The Morgan fingerprint density at radius 3 is 2.55 bits per heavy atom. The molecule has 3 aliphatic carbocycles. The summed E-state index contributed by atoms with van der Waals surface area (Å²) in [5.74, 6) is 0.376. The second-order valence-corrected chi connectivity index (χ2v) is 7.14. The number of allylic oxidation sites excluding steroid dienone is 6. The zero-order chi connectivity index (χ0) is 14.7. The Morgan fingerprint density at radius 2 is 1.85 bits per heavy atom. The first-order valence-electron chi connectivity index (χ1n) is 7.45. The Labute approximate surface area is 120 Å². The van der Waals surface area contributed by atoms with Gasteiger partial charge in [0.05, 0.1) is 0 Å². The fourth-order valence-electron chi connectivity index (χ4n) is 4.16. The normalized spacial score (nSPS) is 38.8. The van der Waals surface area contributed by atoms with Gasteiger partial charge in [-0.15, -0.1) is 0 Å². The molecule has 3 rings (SSSR count). The maximum atomic E-state index is 12.6. The maximum absolute atomic E-state index is 12.6. The van der Waals surface area contributed by atoms with E-state index in [2.05, 4.69) is 26.8 Å². The summed E-state index contributed by atoms with van der Waals surface area (Å²) >= 11 is 0. The van der Waals surface area contributed by atoms with Crippen molar-refractivity contribution in [2.24, 2.45) is 29.1 Å². The molecular weight excluding hydrogens is 248 g/mol. The first kappa shape index (κ1) is 13.5. The molecule has 0 saturated heterocycles. The highest BCUT2D eigenvalue weighted by molar-refractivity contribution is 6.04. The molecule has 0 amide bonds. The van der Waals surface area contributed by atoms with Gasteiger partial charge in [0, 0.05) is 11.8 Å². The van der Waals surface area contributed by atoms with E-state index >= 15 is 0 Å². The van der Waals surface area contributed by atoms with E-state index in [1.165, 1.54) is 5.57 Å². The lowest BCUT2D eigenvalue weighted by atomic mass is 9.54. The lowest BCUT2D eigenvalue weighted by molar-refractivity contribution is -0.134. The van der Waals surface area contributed by atoms with Crippen LogP contribution in [0.3, 0.4) is 0 Å². The van der Waals surface area contributed by atoms with Gasteiger partial charge in [0.2, 0.25) is 0 Å². The molecule has 106 valence electrons. The zero-order valence-electron chi connectivity index (χ0n) is 12.6. The number of rotatable bonds is 0. The minimum absolute atomic E-state index is 0.0554. The fraction of sp³-hybridized carbons (Fsp3) is 0.556. The molecule has 0 fully saturated rings. The Hall–Kier alpha value is -1.44. The van der Waals surface area contributed by atoms with E-state index in [4.69, 9.17) is 0 Å². The smallest absolute Gasteiger partial charge is 0.162 e. The highest BCUT2D eigenvalue weighted by Gasteiger charge is 2.51. The molecule has 0 N–H and O–H groups in total. The van der Waals surface area contributed by atoms with E-state index in [1.807, 2.05) is 19.1 Å². The summed E-state index contributed by atoms with van der Waals surface area (Å²) in [6.07, 6.45) is 8.90. The van der Waals surface area contributed by atoms with Crippen molar-refractivity contribution in [1.82, 2.24) is 0 Å². The molecule has 2 heteroatoms. The number of carbonyl (C=O) groups excluding carboxylic acids is 2. The molecule has 0 saturated carbocycles. The number of ketones is 2. The van der Waals surface area contributed by atoms with E-state index in [9.17, 15) is 9.59 Å². The van der Waals surface area contributed by atoms with Gasteiger partial charge in [0.15, 0.2) is 11.6 Å². The van der Waals surface area contributed by atoms with Gasteiger partial charge in [-0.1, -0.05) is 37.6 Å². The SMILES string of the molecule is CC1=CC[C@@H]2C(C)=C[C@@H]3[C@H](C(=O)C=CC3(C)C)[C@H]2C1=O. The third-order valence-corrected chi connectivity index (χ3v) is 5.47. The Morgan fingerprint density at radius 1 is 1.15 bits per heavy atom. The van der Waals surface area contributed by atoms with E-state index in [-0.39, 0.29) is 40.7 Å². The molecule has 0 aromatic carbocycles. The summed E-state index contributed by atoms with van der Waals surface area (Å²) in [7, 11) is 0. The van der Waals surface area contributed by atoms with Gasteiger partial charge in [0.25, 0.3) is 0 Å². The summed E-state index contributed by atoms with van der Waals surface area (Å²) in [5.41, 5.74) is 2.06. The van der Waals surface area contributed by atoms with E-state index in [0.717, 1.165) is 12.0 Å². The number of carbonyl (C=O) groups is 2. The van der Waals surface area contributed by atoms with Gasteiger partial charge >= 0.3 is 0 Å². The van der Waals surface area contributed by atoms with Gasteiger partial charge in [-0.3, -0.25) is 9.59 Å². The van der Waals surface area contributed by atoms with Crippen LogP contribution < -0.4 is 0 Å². The Bertz CT molecular complexity index is 574. The number of hydrogen-bond donors (Lipinski definition) is 0. The van der Waals surface area contributed by atoms with Crippen molar-refractivity contribution in [1.29, 1.82) is 0 Å². The first-order chi connectivity index (χ1) is 9.33. The van der Waals surface area contributed by atoms with Gasteiger partial charge in [-0.05, 0) is 49.2 Å². The van der Waals surface area contributed by atoms with Crippen LogP contribution in [0.4, 0.5) is 0 Å².